The van der Waals surface area contributed by atoms with Crippen LogP contribution < -0.4 is 5.32 Å². The zero-order chi connectivity index (χ0) is 18.8. The maximum Gasteiger partial charge on any atom is 0.335 e. The molecule has 4 rings (SSSR count). The zero-order valence-corrected chi connectivity index (χ0v) is 16.8. The molecule has 0 saturated heterocycles. The number of carboxylic acid groups (broad SMARTS) is 1. The summed E-state index contributed by atoms with van der Waals surface area (Å²) in [5.74, 6) is -0.360. The normalized spacial score (nSPS) is 19.9. The lowest BCUT2D eigenvalue weighted by Crippen LogP contribution is -2.29. The van der Waals surface area contributed by atoms with Gasteiger partial charge in [-0.1, -0.05) is 54.6 Å². The molecule has 0 bridgehead atoms. The number of halogens is 1. The van der Waals surface area contributed by atoms with E-state index in [9.17, 15) is 4.79 Å². The van der Waals surface area contributed by atoms with Crippen LogP contribution in [0, 0.1) is 0 Å². The van der Waals surface area contributed by atoms with Crippen LogP contribution >= 0.6 is 12.4 Å². The molecule has 3 aromatic rings. The number of aromatic carboxylic acids is 1. The van der Waals surface area contributed by atoms with Gasteiger partial charge in [0, 0.05) is 12.1 Å². The van der Waals surface area contributed by atoms with Crippen molar-refractivity contribution in [2.45, 2.75) is 44.2 Å². The number of rotatable bonds is 5. The first-order valence-corrected chi connectivity index (χ1v) is 9.69. The number of nitrogens with one attached hydrogen (secondary N) is 1. The quantitative estimate of drug-likeness (QED) is 0.561. The molecule has 0 spiro atoms. The monoisotopic (exact) mass is 395 g/mol. The summed E-state index contributed by atoms with van der Waals surface area (Å²) in [5.41, 5.74) is 2.96. The Hall–Kier alpha value is -2.36. The minimum absolute atomic E-state index is 0. The minimum Gasteiger partial charge on any atom is -0.478 e. The summed E-state index contributed by atoms with van der Waals surface area (Å²) in [6.07, 6.45) is 3.40. The summed E-state index contributed by atoms with van der Waals surface area (Å²) in [4.78, 5) is 11.0. The molecule has 3 atom stereocenters. The van der Waals surface area contributed by atoms with Gasteiger partial charge in [0.1, 0.15) is 0 Å². The van der Waals surface area contributed by atoms with Gasteiger partial charge in [0.2, 0.25) is 0 Å². The average molecular weight is 396 g/mol. The number of hydrogen-bond donors (Lipinski definition) is 2. The predicted molar refractivity (Wildman–Crippen MR) is 117 cm³/mol. The summed E-state index contributed by atoms with van der Waals surface area (Å²) >= 11 is 0. The van der Waals surface area contributed by atoms with Gasteiger partial charge in [-0.05, 0) is 66.1 Å². The van der Waals surface area contributed by atoms with Gasteiger partial charge in [-0.3, -0.25) is 0 Å². The number of carbonyl (C=O) groups is 1. The first kappa shape index (κ1) is 20.4. The van der Waals surface area contributed by atoms with E-state index in [1.54, 1.807) is 12.1 Å². The highest BCUT2D eigenvalue weighted by atomic mass is 35.5. The van der Waals surface area contributed by atoms with Crippen molar-refractivity contribution in [3.05, 3.63) is 83.4 Å². The van der Waals surface area contributed by atoms with Crippen molar-refractivity contribution in [2.75, 3.05) is 0 Å². The molecule has 3 aromatic carbocycles. The van der Waals surface area contributed by atoms with Gasteiger partial charge < -0.3 is 10.4 Å². The minimum atomic E-state index is -0.864. The van der Waals surface area contributed by atoms with Gasteiger partial charge in [0.15, 0.2) is 0 Å². The zero-order valence-electron chi connectivity index (χ0n) is 16.0. The van der Waals surface area contributed by atoms with Crippen LogP contribution in [-0.2, 0) is 0 Å². The fourth-order valence-electron chi connectivity index (χ4n) is 4.40. The molecule has 1 aliphatic rings. The van der Waals surface area contributed by atoms with Crippen molar-refractivity contribution in [1.82, 2.24) is 5.32 Å². The van der Waals surface area contributed by atoms with E-state index < -0.39 is 5.97 Å². The van der Waals surface area contributed by atoms with Gasteiger partial charge in [0.05, 0.1) is 5.56 Å². The number of fused-ring (bicyclic) bond motifs is 1. The second-order valence-electron chi connectivity index (χ2n) is 7.59. The molecule has 1 saturated carbocycles. The molecule has 0 unspecified atom stereocenters. The Balaban J connectivity index is 0.00000225. The second-order valence-corrected chi connectivity index (χ2v) is 7.59. The lowest BCUT2D eigenvalue weighted by molar-refractivity contribution is 0.0697. The number of benzene rings is 3. The lowest BCUT2D eigenvalue weighted by Gasteiger charge is -2.21. The van der Waals surface area contributed by atoms with Gasteiger partial charge in [-0.2, -0.15) is 0 Å². The average Bonchev–Trinajstić information content (AvgIpc) is 3.16. The fraction of sp³-hybridized carbons (Fsp3) is 0.292. The highest BCUT2D eigenvalue weighted by Gasteiger charge is 2.27. The summed E-state index contributed by atoms with van der Waals surface area (Å²) in [6, 6.07) is 23.3. The molecule has 1 aliphatic carbocycles. The molecule has 0 heterocycles. The van der Waals surface area contributed by atoms with E-state index in [-0.39, 0.29) is 12.4 Å². The Labute approximate surface area is 172 Å². The van der Waals surface area contributed by atoms with Crippen LogP contribution in [0.1, 0.15) is 59.6 Å². The number of carboxylic acids is 1. The number of hydrogen-bond acceptors (Lipinski definition) is 2. The lowest BCUT2D eigenvalue weighted by atomic mass is 9.96. The molecule has 0 aromatic heterocycles. The fourth-order valence-corrected chi connectivity index (χ4v) is 4.40. The summed E-state index contributed by atoms with van der Waals surface area (Å²) in [7, 11) is 0. The second kappa shape index (κ2) is 8.76. The van der Waals surface area contributed by atoms with E-state index in [0.29, 0.717) is 23.6 Å². The summed E-state index contributed by atoms with van der Waals surface area (Å²) < 4.78 is 0. The van der Waals surface area contributed by atoms with Gasteiger partial charge >= 0.3 is 5.97 Å². The Morgan fingerprint density at radius 3 is 2.46 bits per heavy atom. The van der Waals surface area contributed by atoms with Crippen LogP contribution in [0.5, 0.6) is 0 Å². The molecule has 3 nitrogen and oxygen atoms in total. The van der Waals surface area contributed by atoms with Crippen LogP contribution in [0.25, 0.3) is 10.8 Å². The van der Waals surface area contributed by atoms with Gasteiger partial charge in [-0.15, -0.1) is 12.4 Å². The van der Waals surface area contributed by atoms with E-state index in [1.165, 1.54) is 21.9 Å². The maximum absolute atomic E-state index is 11.0. The molecule has 28 heavy (non-hydrogen) atoms. The van der Waals surface area contributed by atoms with Crippen LogP contribution in [0.15, 0.2) is 66.7 Å². The van der Waals surface area contributed by atoms with Crippen molar-refractivity contribution in [2.24, 2.45) is 0 Å². The van der Waals surface area contributed by atoms with E-state index in [4.69, 9.17) is 5.11 Å². The summed E-state index contributed by atoms with van der Waals surface area (Å²) in [6.45, 7) is 2.25. The highest BCUT2D eigenvalue weighted by molar-refractivity contribution is 5.87. The third kappa shape index (κ3) is 4.21. The van der Waals surface area contributed by atoms with Crippen LogP contribution in [0.2, 0.25) is 0 Å². The van der Waals surface area contributed by atoms with E-state index in [1.807, 2.05) is 12.1 Å². The first-order valence-electron chi connectivity index (χ1n) is 9.69. The first-order chi connectivity index (χ1) is 13.1. The molecule has 0 radical (unpaired) electrons. The molecular formula is C24H26ClNO2. The van der Waals surface area contributed by atoms with Crippen molar-refractivity contribution in [3.63, 3.8) is 0 Å². The van der Waals surface area contributed by atoms with Gasteiger partial charge in [0.25, 0.3) is 0 Å². The van der Waals surface area contributed by atoms with E-state index >= 15 is 0 Å². The highest BCUT2D eigenvalue weighted by Crippen LogP contribution is 2.36. The SMILES string of the molecule is C[C@@H](N[C@H]1CC[C@@H](c2ccc(C(=O)O)cc2)C1)c1cccc2ccccc12.Cl. The Morgan fingerprint density at radius 2 is 1.71 bits per heavy atom. The molecule has 146 valence electrons. The molecular weight excluding hydrogens is 370 g/mol. The Morgan fingerprint density at radius 1 is 1.00 bits per heavy atom. The Bertz CT molecular complexity index is 949. The third-order valence-electron chi connectivity index (χ3n) is 5.84. The van der Waals surface area contributed by atoms with Crippen molar-refractivity contribution < 1.29 is 9.90 Å². The van der Waals surface area contributed by atoms with E-state index in [0.717, 1.165) is 19.3 Å². The van der Waals surface area contributed by atoms with Gasteiger partial charge in [-0.25, -0.2) is 4.79 Å². The largest absolute Gasteiger partial charge is 0.478 e. The maximum atomic E-state index is 11.0. The topological polar surface area (TPSA) is 49.3 Å². The van der Waals surface area contributed by atoms with Crippen LogP contribution in [0.4, 0.5) is 0 Å². The molecule has 0 aliphatic heterocycles. The molecule has 2 N–H and O–H groups in total. The van der Waals surface area contributed by atoms with Crippen molar-refractivity contribution in [3.8, 4) is 0 Å². The molecule has 1 fully saturated rings. The smallest absolute Gasteiger partial charge is 0.335 e. The van der Waals surface area contributed by atoms with Crippen LogP contribution in [-0.4, -0.2) is 17.1 Å². The van der Waals surface area contributed by atoms with Crippen molar-refractivity contribution >= 4 is 29.1 Å². The molecule has 4 heteroatoms. The summed E-state index contributed by atoms with van der Waals surface area (Å²) in [5, 5.41) is 15.5. The predicted octanol–water partition coefficient (Wildman–Crippen LogP) is 5.95. The third-order valence-corrected chi connectivity index (χ3v) is 5.84. The van der Waals surface area contributed by atoms with Crippen molar-refractivity contribution in [1.29, 1.82) is 0 Å². The standard InChI is InChI=1S/C24H25NO2.ClH/c1-16(22-8-4-6-18-5-2-3-7-23(18)22)25-21-14-13-20(15-21)17-9-11-19(12-10-17)24(26)27;/h2-12,16,20-21,25H,13-15H2,1H3,(H,26,27);1H/t16-,20-,21+;/m1./s1. The van der Waals surface area contributed by atoms with E-state index in [2.05, 4.69) is 54.7 Å². The Kier molecular flexibility index (Phi) is 6.38. The van der Waals surface area contributed by atoms with Crippen LogP contribution in [0.3, 0.4) is 0 Å². The molecule has 0 amide bonds.